The van der Waals surface area contributed by atoms with Crippen LogP contribution in [0.3, 0.4) is 0 Å². The van der Waals surface area contributed by atoms with Gasteiger partial charge in [-0.05, 0) is 13.8 Å². The maximum absolute atomic E-state index is 11.4. The highest BCUT2D eigenvalue weighted by atomic mass is 16.2. The standard InChI is InChI=1S/C9H16N2O/c1-5-7-10-8(3)9(12)11(4)6-2/h1,8,10H,6-7H2,2-4H3. The highest BCUT2D eigenvalue weighted by molar-refractivity contribution is 5.81. The topological polar surface area (TPSA) is 32.3 Å². The molecule has 0 aromatic rings. The molecule has 3 heteroatoms. The minimum absolute atomic E-state index is 0.0766. The van der Waals surface area contributed by atoms with Crippen molar-refractivity contribution in [1.82, 2.24) is 10.2 Å². The van der Waals surface area contributed by atoms with E-state index in [4.69, 9.17) is 6.42 Å². The number of terminal acetylenes is 1. The first-order chi connectivity index (χ1) is 5.63. The predicted molar refractivity (Wildman–Crippen MR) is 49.6 cm³/mol. The third-order valence-corrected chi connectivity index (χ3v) is 1.73. The maximum Gasteiger partial charge on any atom is 0.239 e. The van der Waals surface area contributed by atoms with Crippen LogP contribution in [-0.4, -0.2) is 37.0 Å². The van der Waals surface area contributed by atoms with Gasteiger partial charge in [-0.15, -0.1) is 6.42 Å². The van der Waals surface area contributed by atoms with Gasteiger partial charge in [-0.25, -0.2) is 0 Å². The van der Waals surface area contributed by atoms with E-state index in [0.717, 1.165) is 6.54 Å². The summed E-state index contributed by atoms with van der Waals surface area (Å²) in [6, 6.07) is -0.189. The van der Waals surface area contributed by atoms with Gasteiger partial charge in [-0.2, -0.15) is 0 Å². The van der Waals surface area contributed by atoms with E-state index in [-0.39, 0.29) is 11.9 Å². The maximum atomic E-state index is 11.4. The number of amides is 1. The van der Waals surface area contributed by atoms with Crippen LogP contribution in [0.5, 0.6) is 0 Å². The molecule has 0 aliphatic heterocycles. The number of hydrogen-bond donors (Lipinski definition) is 1. The molecule has 1 unspecified atom stereocenters. The molecule has 0 aliphatic rings. The van der Waals surface area contributed by atoms with Crippen molar-refractivity contribution in [3.8, 4) is 12.3 Å². The van der Waals surface area contributed by atoms with Gasteiger partial charge in [0.1, 0.15) is 0 Å². The normalized spacial score (nSPS) is 11.8. The molecule has 0 aromatic heterocycles. The molecule has 0 fully saturated rings. The van der Waals surface area contributed by atoms with Gasteiger partial charge in [0.25, 0.3) is 0 Å². The largest absolute Gasteiger partial charge is 0.345 e. The number of rotatable bonds is 4. The summed E-state index contributed by atoms with van der Waals surface area (Å²) in [4.78, 5) is 13.0. The Labute approximate surface area is 74.1 Å². The quantitative estimate of drug-likeness (QED) is 0.603. The molecule has 0 saturated carbocycles. The number of carbonyl (C=O) groups excluding carboxylic acids is 1. The Kier molecular flexibility index (Phi) is 5.14. The van der Waals surface area contributed by atoms with Gasteiger partial charge in [0, 0.05) is 13.6 Å². The zero-order chi connectivity index (χ0) is 9.56. The number of nitrogens with zero attached hydrogens (tertiary/aromatic N) is 1. The first-order valence-electron chi connectivity index (χ1n) is 4.05. The van der Waals surface area contributed by atoms with Gasteiger partial charge in [0.2, 0.25) is 5.91 Å². The molecule has 0 spiro atoms. The van der Waals surface area contributed by atoms with Crippen LogP contribution in [0.2, 0.25) is 0 Å². The number of hydrogen-bond acceptors (Lipinski definition) is 2. The van der Waals surface area contributed by atoms with Gasteiger partial charge in [-0.3, -0.25) is 10.1 Å². The zero-order valence-electron chi connectivity index (χ0n) is 7.92. The van der Waals surface area contributed by atoms with E-state index in [2.05, 4.69) is 11.2 Å². The Balaban J connectivity index is 3.85. The Morgan fingerprint density at radius 2 is 2.33 bits per heavy atom. The molecule has 12 heavy (non-hydrogen) atoms. The lowest BCUT2D eigenvalue weighted by atomic mass is 10.3. The van der Waals surface area contributed by atoms with Crippen LogP contribution in [0.1, 0.15) is 13.8 Å². The number of nitrogens with one attached hydrogen (secondary N) is 1. The van der Waals surface area contributed by atoms with Crippen molar-refractivity contribution >= 4 is 5.91 Å². The summed E-state index contributed by atoms with van der Waals surface area (Å²) in [5.74, 6) is 2.51. The van der Waals surface area contributed by atoms with E-state index in [9.17, 15) is 4.79 Å². The lowest BCUT2D eigenvalue weighted by Crippen LogP contribution is -2.43. The van der Waals surface area contributed by atoms with Crippen molar-refractivity contribution in [3.63, 3.8) is 0 Å². The second-order valence-electron chi connectivity index (χ2n) is 2.66. The molecule has 0 aliphatic carbocycles. The Bertz CT molecular complexity index is 183. The molecule has 0 bridgehead atoms. The second kappa shape index (κ2) is 5.62. The molecule has 0 rings (SSSR count). The average molecular weight is 168 g/mol. The van der Waals surface area contributed by atoms with Crippen LogP contribution in [0.4, 0.5) is 0 Å². The van der Waals surface area contributed by atoms with Crippen molar-refractivity contribution < 1.29 is 4.79 Å². The first kappa shape index (κ1) is 11.0. The van der Waals surface area contributed by atoms with Crippen LogP contribution < -0.4 is 5.32 Å². The molecule has 1 N–H and O–H groups in total. The average Bonchev–Trinajstić information content (AvgIpc) is 2.11. The second-order valence-corrected chi connectivity index (χ2v) is 2.66. The van der Waals surface area contributed by atoms with Crippen LogP contribution >= 0.6 is 0 Å². The molecule has 0 radical (unpaired) electrons. The number of likely N-dealkylation sites (N-methyl/N-ethyl adjacent to an activating group) is 1. The molecule has 0 heterocycles. The van der Waals surface area contributed by atoms with Crippen molar-refractivity contribution in [3.05, 3.63) is 0 Å². The first-order valence-corrected chi connectivity index (χ1v) is 4.05. The summed E-state index contributed by atoms with van der Waals surface area (Å²) in [6.45, 7) is 4.91. The van der Waals surface area contributed by atoms with E-state index in [1.54, 1.807) is 11.9 Å². The summed E-state index contributed by atoms with van der Waals surface area (Å²) >= 11 is 0. The summed E-state index contributed by atoms with van der Waals surface area (Å²) < 4.78 is 0. The minimum Gasteiger partial charge on any atom is -0.345 e. The molecular formula is C9H16N2O. The van der Waals surface area contributed by atoms with E-state index in [1.807, 2.05) is 13.8 Å². The molecule has 3 nitrogen and oxygen atoms in total. The zero-order valence-corrected chi connectivity index (χ0v) is 7.92. The minimum atomic E-state index is -0.189. The molecule has 68 valence electrons. The summed E-state index contributed by atoms with van der Waals surface area (Å²) in [6.07, 6.45) is 5.05. The Morgan fingerprint density at radius 3 is 2.75 bits per heavy atom. The van der Waals surface area contributed by atoms with E-state index >= 15 is 0 Å². The van der Waals surface area contributed by atoms with E-state index < -0.39 is 0 Å². The van der Waals surface area contributed by atoms with Crippen LogP contribution in [-0.2, 0) is 4.79 Å². The third kappa shape index (κ3) is 3.40. The lowest BCUT2D eigenvalue weighted by Gasteiger charge is -2.19. The van der Waals surface area contributed by atoms with Gasteiger partial charge in [0.15, 0.2) is 0 Å². The molecule has 1 atom stereocenters. The van der Waals surface area contributed by atoms with Crippen molar-refractivity contribution in [2.24, 2.45) is 0 Å². The summed E-state index contributed by atoms with van der Waals surface area (Å²) in [5.41, 5.74) is 0. The molecule has 0 aromatic carbocycles. The van der Waals surface area contributed by atoms with Crippen molar-refractivity contribution in [2.45, 2.75) is 19.9 Å². The van der Waals surface area contributed by atoms with Crippen LogP contribution in [0, 0.1) is 12.3 Å². The fourth-order valence-corrected chi connectivity index (χ4v) is 0.786. The summed E-state index contributed by atoms with van der Waals surface area (Å²) in [7, 11) is 1.77. The SMILES string of the molecule is C#CCNC(C)C(=O)N(C)CC. The smallest absolute Gasteiger partial charge is 0.239 e. The van der Waals surface area contributed by atoms with Gasteiger partial charge in [0.05, 0.1) is 12.6 Å². The van der Waals surface area contributed by atoms with Crippen LogP contribution in [0.25, 0.3) is 0 Å². The third-order valence-electron chi connectivity index (χ3n) is 1.73. The van der Waals surface area contributed by atoms with E-state index in [1.165, 1.54) is 0 Å². The fraction of sp³-hybridized carbons (Fsp3) is 0.667. The molecular weight excluding hydrogens is 152 g/mol. The van der Waals surface area contributed by atoms with Gasteiger partial charge in [-0.1, -0.05) is 5.92 Å². The fourth-order valence-electron chi connectivity index (χ4n) is 0.786. The van der Waals surface area contributed by atoms with Crippen molar-refractivity contribution in [1.29, 1.82) is 0 Å². The van der Waals surface area contributed by atoms with E-state index in [0.29, 0.717) is 6.54 Å². The van der Waals surface area contributed by atoms with Gasteiger partial charge < -0.3 is 4.90 Å². The van der Waals surface area contributed by atoms with Gasteiger partial charge >= 0.3 is 0 Å². The Hall–Kier alpha value is -1.01. The highest BCUT2D eigenvalue weighted by Gasteiger charge is 2.14. The monoisotopic (exact) mass is 168 g/mol. The lowest BCUT2D eigenvalue weighted by molar-refractivity contribution is -0.131. The molecule has 1 amide bonds. The molecule has 0 saturated heterocycles. The predicted octanol–water partition coefficient (Wildman–Crippen LogP) is 0.0760. The number of carbonyl (C=O) groups is 1. The highest BCUT2D eigenvalue weighted by Crippen LogP contribution is 1.90. The van der Waals surface area contributed by atoms with Crippen molar-refractivity contribution in [2.75, 3.05) is 20.1 Å². The van der Waals surface area contributed by atoms with Crippen LogP contribution in [0.15, 0.2) is 0 Å². The Morgan fingerprint density at radius 1 is 1.75 bits per heavy atom. The summed E-state index contributed by atoms with van der Waals surface area (Å²) in [5, 5.41) is 2.92.